The van der Waals surface area contributed by atoms with Crippen molar-refractivity contribution >= 4 is 29.2 Å². The zero-order valence-electron chi connectivity index (χ0n) is 13.2. The van der Waals surface area contributed by atoms with Crippen molar-refractivity contribution < 1.29 is 0 Å². The molecular formula is C15H20Cl2N6. The summed E-state index contributed by atoms with van der Waals surface area (Å²) in [5, 5.41) is 11.8. The molecule has 0 saturated heterocycles. The third-order valence-electron chi connectivity index (χ3n) is 3.16. The fourth-order valence-corrected chi connectivity index (χ4v) is 2.61. The quantitative estimate of drug-likeness (QED) is 0.617. The Hall–Kier alpha value is -1.79. The Kier molecular flexibility index (Phi) is 6.67. The van der Waals surface area contributed by atoms with E-state index in [0.29, 0.717) is 16.6 Å². The van der Waals surface area contributed by atoms with Crippen LogP contribution in [0, 0.1) is 0 Å². The minimum absolute atomic E-state index is 0.467. The van der Waals surface area contributed by atoms with Crippen LogP contribution < -0.4 is 10.6 Å². The summed E-state index contributed by atoms with van der Waals surface area (Å²) in [7, 11) is 1.85. The number of aromatic nitrogens is 3. The second-order valence-electron chi connectivity index (χ2n) is 4.95. The topological polar surface area (TPSA) is 67.1 Å². The standard InChI is InChI=1S/C15H20Cl2N6/c1-3-18-15(20-9-14-21-10-22-23(14)2)19-5-4-11-6-12(16)8-13(17)7-11/h6-8,10H,3-5,9H2,1-2H3,(H2,18,19,20). The predicted molar refractivity (Wildman–Crippen MR) is 94.0 cm³/mol. The van der Waals surface area contributed by atoms with Gasteiger partial charge in [-0.2, -0.15) is 5.10 Å². The van der Waals surface area contributed by atoms with E-state index >= 15 is 0 Å². The van der Waals surface area contributed by atoms with E-state index in [1.165, 1.54) is 6.33 Å². The van der Waals surface area contributed by atoms with E-state index in [2.05, 4.69) is 25.7 Å². The molecule has 0 amide bonds. The minimum Gasteiger partial charge on any atom is -0.357 e. The first kappa shape index (κ1) is 17.6. The fourth-order valence-electron chi connectivity index (χ4n) is 2.04. The predicted octanol–water partition coefficient (Wildman–Crippen LogP) is 2.42. The SMILES string of the molecule is CCNC(=NCc1ncnn1C)NCCc1cc(Cl)cc(Cl)c1. The highest BCUT2D eigenvalue weighted by Crippen LogP contribution is 2.19. The summed E-state index contributed by atoms with van der Waals surface area (Å²) in [4.78, 5) is 8.66. The molecule has 0 spiro atoms. The summed E-state index contributed by atoms with van der Waals surface area (Å²) in [6, 6.07) is 5.56. The van der Waals surface area contributed by atoms with E-state index in [0.717, 1.165) is 36.9 Å². The van der Waals surface area contributed by atoms with Gasteiger partial charge in [-0.25, -0.2) is 9.98 Å². The zero-order chi connectivity index (χ0) is 16.7. The number of benzene rings is 1. The highest BCUT2D eigenvalue weighted by Gasteiger charge is 2.02. The van der Waals surface area contributed by atoms with Gasteiger partial charge >= 0.3 is 0 Å². The van der Waals surface area contributed by atoms with Crippen LogP contribution in [-0.2, 0) is 20.0 Å². The van der Waals surface area contributed by atoms with Gasteiger partial charge in [-0.15, -0.1) is 0 Å². The van der Waals surface area contributed by atoms with E-state index in [1.54, 1.807) is 10.7 Å². The molecule has 1 aromatic carbocycles. The Bertz CT molecular complexity index is 647. The molecule has 0 atom stereocenters. The number of nitrogens with zero attached hydrogens (tertiary/aromatic N) is 4. The van der Waals surface area contributed by atoms with Crippen LogP contribution in [0.2, 0.25) is 10.0 Å². The molecule has 8 heteroatoms. The average Bonchev–Trinajstić information content (AvgIpc) is 2.89. The van der Waals surface area contributed by atoms with Crippen molar-refractivity contribution in [3.05, 3.63) is 46.0 Å². The Morgan fingerprint density at radius 1 is 1.22 bits per heavy atom. The zero-order valence-corrected chi connectivity index (χ0v) is 14.7. The van der Waals surface area contributed by atoms with Gasteiger partial charge in [0.1, 0.15) is 18.7 Å². The summed E-state index contributed by atoms with van der Waals surface area (Å²) >= 11 is 12.0. The van der Waals surface area contributed by atoms with Gasteiger partial charge in [-0.1, -0.05) is 23.2 Å². The number of halogens is 2. The molecule has 2 aromatic rings. The van der Waals surface area contributed by atoms with Gasteiger partial charge in [0, 0.05) is 30.2 Å². The Morgan fingerprint density at radius 2 is 1.96 bits per heavy atom. The molecule has 124 valence electrons. The molecular weight excluding hydrogens is 335 g/mol. The Balaban J connectivity index is 1.90. The molecule has 0 aliphatic carbocycles. The number of aryl methyl sites for hydroxylation is 1. The summed E-state index contributed by atoms with van der Waals surface area (Å²) in [5.41, 5.74) is 1.08. The van der Waals surface area contributed by atoms with Gasteiger partial charge in [0.25, 0.3) is 0 Å². The lowest BCUT2D eigenvalue weighted by Gasteiger charge is -2.11. The van der Waals surface area contributed by atoms with E-state index < -0.39 is 0 Å². The van der Waals surface area contributed by atoms with Crippen LogP contribution >= 0.6 is 23.2 Å². The summed E-state index contributed by atoms with van der Waals surface area (Å²) < 4.78 is 1.71. The molecule has 1 heterocycles. The maximum atomic E-state index is 6.01. The van der Waals surface area contributed by atoms with Crippen LogP contribution in [0.3, 0.4) is 0 Å². The van der Waals surface area contributed by atoms with Crippen molar-refractivity contribution in [2.75, 3.05) is 13.1 Å². The number of guanidine groups is 1. The second kappa shape index (κ2) is 8.74. The monoisotopic (exact) mass is 354 g/mol. The van der Waals surface area contributed by atoms with Crippen molar-refractivity contribution in [1.29, 1.82) is 0 Å². The molecule has 6 nitrogen and oxygen atoms in total. The number of hydrogen-bond acceptors (Lipinski definition) is 3. The first-order chi connectivity index (χ1) is 11.1. The Labute approximate surface area is 145 Å². The van der Waals surface area contributed by atoms with Crippen molar-refractivity contribution in [3.63, 3.8) is 0 Å². The molecule has 0 unspecified atom stereocenters. The lowest BCUT2D eigenvalue weighted by Crippen LogP contribution is -2.38. The molecule has 0 fully saturated rings. The van der Waals surface area contributed by atoms with Crippen molar-refractivity contribution in [1.82, 2.24) is 25.4 Å². The van der Waals surface area contributed by atoms with E-state index in [9.17, 15) is 0 Å². The summed E-state index contributed by atoms with van der Waals surface area (Å²) in [5.74, 6) is 1.55. The number of aliphatic imine (C=N–C) groups is 1. The maximum Gasteiger partial charge on any atom is 0.191 e. The second-order valence-corrected chi connectivity index (χ2v) is 5.82. The molecule has 0 aliphatic rings. The van der Waals surface area contributed by atoms with Crippen LogP contribution in [0.1, 0.15) is 18.3 Å². The minimum atomic E-state index is 0.467. The first-order valence-electron chi connectivity index (χ1n) is 7.38. The van der Waals surface area contributed by atoms with Gasteiger partial charge in [-0.3, -0.25) is 4.68 Å². The van der Waals surface area contributed by atoms with Crippen LogP contribution in [0.25, 0.3) is 0 Å². The first-order valence-corrected chi connectivity index (χ1v) is 8.14. The number of rotatable bonds is 6. The highest BCUT2D eigenvalue weighted by molar-refractivity contribution is 6.34. The molecule has 0 aliphatic heterocycles. The molecule has 0 radical (unpaired) electrons. The number of hydrogen-bond donors (Lipinski definition) is 2. The molecule has 0 saturated carbocycles. The van der Waals surface area contributed by atoms with Gasteiger partial charge in [0.05, 0.1) is 0 Å². The number of nitrogens with one attached hydrogen (secondary N) is 2. The largest absolute Gasteiger partial charge is 0.357 e. The van der Waals surface area contributed by atoms with E-state index in [1.807, 2.05) is 26.1 Å². The molecule has 1 aromatic heterocycles. The average molecular weight is 355 g/mol. The van der Waals surface area contributed by atoms with Crippen LogP contribution in [0.5, 0.6) is 0 Å². The van der Waals surface area contributed by atoms with Crippen molar-refractivity contribution in [2.45, 2.75) is 19.9 Å². The van der Waals surface area contributed by atoms with Gasteiger partial charge < -0.3 is 10.6 Å². The van der Waals surface area contributed by atoms with Crippen LogP contribution in [-0.4, -0.2) is 33.8 Å². The molecule has 23 heavy (non-hydrogen) atoms. The van der Waals surface area contributed by atoms with Crippen molar-refractivity contribution in [3.8, 4) is 0 Å². The maximum absolute atomic E-state index is 6.01. The molecule has 0 bridgehead atoms. The Morgan fingerprint density at radius 3 is 2.57 bits per heavy atom. The fraction of sp³-hybridized carbons (Fsp3) is 0.400. The van der Waals surface area contributed by atoms with Gasteiger partial charge in [0.2, 0.25) is 0 Å². The summed E-state index contributed by atoms with van der Waals surface area (Å²) in [6.07, 6.45) is 2.32. The van der Waals surface area contributed by atoms with E-state index in [4.69, 9.17) is 23.2 Å². The third-order valence-corrected chi connectivity index (χ3v) is 3.59. The normalized spacial score (nSPS) is 11.6. The summed E-state index contributed by atoms with van der Waals surface area (Å²) in [6.45, 7) is 4.00. The van der Waals surface area contributed by atoms with Gasteiger partial charge in [0.15, 0.2) is 5.96 Å². The molecule has 2 rings (SSSR count). The lowest BCUT2D eigenvalue weighted by atomic mass is 10.1. The molecule has 2 N–H and O–H groups in total. The third kappa shape index (κ3) is 5.73. The van der Waals surface area contributed by atoms with Crippen LogP contribution in [0.15, 0.2) is 29.5 Å². The van der Waals surface area contributed by atoms with Crippen LogP contribution in [0.4, 0.5) is 0 Å². The lowest BCUT2D eigenvalue weighted by molar-refractivity contribution is 0.697. The van der Waals surface area contributed by atoms with Crippen molar-refractivity contribution in [2.24, 2.45) is 12.0 Å². The smallest absolute Gasteiger partial charge is 0.191 e. The van der Waals surface area contributed by atoms with E-state index in [-0.39, 0.29) is 0 Å². The van der Waals surface area contributed by atoms with Gasteiger partial charge in [-0.05, 0) is 37.1 Å². The highest BCUT2D eigenvalue weighted by atomic mass is 35.5.